The maximum atomic E-state index is 5.93. The highest BCUT2D eigenvalue weighted by Crippen LogP contribution is 2.30. The summed E-state index contributed by atoms with van der Waals surface area (Å²) in [6, 6.07) is 0. The van der Waals surface area contributed by atoms with E-state index >= 15 is 0 Å². The molecule has 0 aromatic carbocycles. The number of unbranched alkanes of at least 4 members (excludes halogenated alkanes) is 14. The summed E-state index contributed by atoms with van der Waals surface area (Å²) in [4.78, 5) is 0. The van der Waals surface area contributed by atoms with Gasteiger partial charge in [-0.15, -0.1) is 0 Å². The van der Waals surface area contributed by atoms with Crippen molar-refractivity contribution in [1.29, 1.82) is 0 Å². The van der Waals surface area contributed by atoms with E-state index in [1.54, 1.807) is 0 Å². The first kappa shape index (κ1) is 26.9. The van der Waals surface area contributed by atoms with Crippen LogP contribution in [0.1, 0.15) is 137 Å². The second-order valence-corrected chi connectivity index (χ2v) is 10.7. The molecule has 0 fully saturated rings. The Kier molecular flexibility index (Phi) is 20.6. The molecule has 0 unspecified atom stereocenters. The molecule has 160 valence electrons. The second-order valence-electron chi connectivity index (χ2n) is 8.90. The lowest BCUT2D eigenvalue weighted by atomic mass is 10.0. The highest BCUT2D eigenvalue weighted by molar-refractivity contribution is 6.31. The Hall–Kier alpha value is -0.0831. The van der Waals surface area contributed by atoms with Crippen LogP contribution in [-0.2, 0) is 4.43 Å². The Morgan fingerprint density at radius 1 is 0.630 bits per heavy atom. The van der Waals surface area contributed by atoms with Crippen LogP contribution in [0.3, 0.4) is 0 Å². The predicted molar refractivity (Wildman–Crippen MR) is 125 cm³/mol. The first-order chi connectivity index (χ1) is 13.1. The smallest absolute Gasteiger partial charge is 0.236 e. The van der Waals surface area contributed by atoms with E-state index in [0.717, 1.165) is 6.61 Å². The van der Waals surface area contributed by atoms with Crippen molar-refractivity contribution >= 4 is 9.76 Å². The lowest BCUT2D eigenvalue weighted by Crippen LogP contribution is -2.16. The lowest BCUT2D eigenvalue weighted by Gasteiger charge is -2.22. The second kappa shape index (κ2) is 20.6. The zero-order valence-electron chi connectivity index (χ0n) is 19.3. The van der Waals surface area contributed by atoms with Gasteiger partial charge in [-0.05, 0) is 24.3 Å². The predicted octanol–water partition coefficient (Wildman–Crippen LogP) is 9.05. The standard InChI is InChI=1S/C25H50OSi/c1-5-7-9-11-13-15-17-19-21-23-25(3,4)27-26-24-22-20-18-16-14-12-10-8-6-2/h20,22H,5-19,21,23-24H2,1-4H3/b22-20+. The van der Waals surface area contributed by atoms with Crippen LogP contribution in [0.5, 0.6) is 0 Å². The maximum absolute atomic E-state index is 5.93. The Bertz CT molecular complexity index is 311. The average molecular weight is 395 g/mol. The van der Waals surface area contributed by atoms with Gasteiger partial charge in [0, 0.05) is 0 Å². The van der Waals surface area contributed by atoms with Gasteiger partial charge < -0.3 is 4.43 Å². The molecule has 0 spiro atoms. The summed E-state index contributed by atoms with van der Waals surface area (Å²) >= 11 is 0. The van der Waals surface area contributed by atoms with Gasteiger partial charge in [0.2, 0.25) is 9.76 Å². The molecule has 1 nitrogen and oxygen atoms in total. The van der Waals surface area contributed by atoms with Crippen molar-refractivity contribution in [3.8, 4) is 0 Å². The molecule has 0 aliphatic carbocycles. The summed E-state index contributed by atoms with van der Waals surface area (Å²) in [6.45, 7) is 10.1. The third-order valence-corrected chi connectivity index (χ3v) is 6.44. The fourth-order valence-corrected chi connectivity index (χ4v) is 4.29. The Morgan fingerprint density at radius 2 is 1.11 bits per heavy atom. The number of hydrogen-bond donors (Lipinski definition) is 0. The minimum absolute atomic E-state index is 0.355. The zero-order valence-corrected chi connectivity index (χ0v) is 20.3. The number of hydrogen-bond acceptors (Lipinski definition) is 1. The SMILES string of the molecule is CCCCCCCC/C=C/CO[Si]C(C)(C)CCCCCCCCCCC. The van der Waals surface area contributed by atoms with Crippen LogP contribution < -0.4 is 0 Å². The van der Waals surface area contributed by atoms with Crippen LogP contribution in [0.4, 0.5) is 0 Å². The summed E-state index contributed by atoms with van der Waals surface area (Å²) in [5.74, 6) is 0. The van der Waals surface area contributed by atoms with Gasteiger partial charge in [0.25, 0.3) is 0 Å². The van der Waals surface area contributed by atoms with E-state index in [-0.39, 0.29) is 0 Å². The van der Waals surface area contributed by atoms with Gasteiger partial charge >= 0.3 is 0 Å². The van der Waals surface area contributed by atoms with Crippen LogP contribution in [0, 0.1) is 0 Å². The summed E-state index contributed by atoms with van der Waals surface area (Å²) in [5.41, 5.74) is 0. The fourth-order valence-electron chi connectivity index (χ4n) is 3.44. The Morgan fingerprint density at radius 3 is 1.67 bits per heavy atom. The first-order valence-electron chi connectivity index (χ1n) is 12.2. The third kappa shape index (κ3) is 22.1. The highest BCUT2D eigenvalue weighted by atomic mass is 28.2. The van der Waals surface area contributed by atoms with E-state index in [1.165, 1.54) is 109 Å². The zero-order chi connectivity index (χ0) is 20.1. The highest BCUT2D eigenvalue weighted by Gasteiger charge is 2.19. The number of allylic oxidation sites excluding steroid dienone is 1. The molecule has 0 aliphatic rings. The third-order valence-electron chi connectivity index (χ3n) is 5.32. The molecular formula is C25H50OSi. The first-order valence-corrected chi connectivity index (χ1v) is 13.1. The van der Waals surface area contributed by atoms with E-state index in [9.17, 15) is 0 Å². The minimum atomic E-state index is 0.355. The van der Waals surface area contributed by atoms with E-state index in [2.05, 4.69) is 39.8 Å². The average Bonchev–Trinajstić information content (AvgIpc) is 2.64. The van der Waals surface area contributed by atoms with Crippen LogP contribution in [0.15, 0.2) is 12.2 Å². The summed E-state index contributed by atoms with van der Waals surface area (Å²) in [6.07, 6.45) is 28.1. The summed E-state index contributed by atoms with van der Waals surface area (Å²) < 4.78 is 5.93. The van der Waals surface area contributed by atoms with Crippen molar-refractivity contribution < 1.29 is 4.43 Å². The summed E-state index contributed by atoms with van der Waals surface area (Å²) in [5, 5.41) is 0.355. The van der Waals surface area contributed by atoms with E-state index in [1.807, 2.05) is 0 Å². The van der Waals surface area contributed by atoms with Crippen molar-refractivity contribution in [2.45, 2.75) is 142 Å². The summed E-state index contributed by atoms with van der Waals surface area (Å²) in [7, 11) is 0.632. The Labute approximate surface area is 175 Å². The normalized spacial score (nSPS) is 12.3. The topological polar surface area (TPSA) is 9.23 Å². The molecule has 0 atom stereocenters. The van der Waals surface area contributed by atoms with Crippen molar-refractivity contribution in [1.82, 2.24) is 0 Å². The molecule has 0 saturated heterocycles. The maximum Gasteiger partial charge on any atom is 0.236 e. The molecule has 0 bridgehead atoms. The van der Waals surface area contributed by atoms with Crippen LogP contribution in [0.25, 0.3) is 0 Å². The molecular weight excluding hydrogens is 344 g/mol. The monoisotopic (exact) mass is 394 g/mol. The van der Waals surface area contributed by atoms with Crippen molar-refractivity contribution in [2.24, 2.45) is 0 Å². The van der Waals surface area contributed by atoms with Gasteiger partial charge in [-0.1, -0.05) is 130 Å². The molecule has 0 rings (SSSR count). The minimum Gasteiger partial charge on any atom is -0.413 e. The van der Waals surface area contributed by atoms with Crippen molar-refractivity contribution in [3.63, 3.8) is 0 Å². The molecule has 0 aromatic heterocycles. The van der Waals surface area contributed by atoms with Gasteiger partial charge in [0.05, 0.1) is 6.61 Å². The van der Waals surface area contributed by atoms with Gasteiger partial charge in [-0.2, -0.15) is 0 Å². The largest absolute Gasteiger partial charge is 0.413 e. The van der Waals surface area contributed by atoms with E-state index in [4.69, 9.17) is 4.43 Å². The van der Waals surface area contributed by atoms with E-state index in [0.29, 0.717) is 14.8 Å². The van der Waals surface area contributed by atoms with Crippen molar-refractivity contribution in [3.05, 3.63) is 12.2 Å². The number of rotatable bonds is 21. The van der Waals surface area contributed by atoms with Crippen LogP contribution in [-0.4, -0.2) is 16.4 Å². The molecule has 27 heavy (non-hydrogen) atoms. The molecule has 0 heterocycles. The molecule has 0 N–H and O–H groups in total. The molecule has 0 saturated carbocycles. The van der Waals surface area contributed by atoms with Gasteiger partial charge in [-0.3, -0.25) is 0 Å². The van der Waals surface area contributed by atoms with Gasteiger partial charge in [-0.25, -0.2) is 0 Å². The Balaban J connectivity index is 3.40. The molecule has 2 radical (unpaired) electrons. The van der Waals surface area contributed by atoms with E-state index < -0.39 is 0 Å². The van der Waals surface area contributed by atoms with Crippen molar-refractivity contribution in [2.75, 3.05) is 6.61 Å². The molecule has 0 amide bonds. The van der Waals surface area contributed by atoms with Gasteiger partial charge in [0.15, 0.2) is 0 Å². The lowest BCUT2D eigenvalue weighted by molar-refractivity contribution is 0.353. The van der Waals surface area contributed by atoms with Crippen LogP contribution in [0.2, 0.25) is 5.04 Å². The molecule has 2 heteroatoms. The molecule has 0 aliphatic heterocycles. The fraction of sp³-hybridized carbons (Fsp3) is 0.920. The quantitative estimate of drug-likeness (QED) is 0.107. The molecule has 0 aromatic rings. The van der Waals surface area contributed by atoms with Crippen LogP contribution >= 0.6 is 0 Å². The van der Waals surface area contributed by atoms with Gasteiger partial charge in [0.1, 0.15) is 0 Å².